The maximum Gasteiger partial charge on any atom is 0.209 e. The summed E-state index contributed by atoms with van der Waals surface area (Å²) in [5, 5.41) is 10.1. The van der Waals surface area contributed by atoms with Gasteiger partial charge in [-0.3, -0.25) is 0 Å². The molecule has 0 unspecified atom stereocenters. The van der Waals surface area contributed by atoms with Crippen LogP contribution in [0.25, 0.3) is 0 Å². The Morgan fingerprint density at radius 1 is 0.667 bits per heavy atom. The van der Waals surface area contributed by atoms with Crippen LogP contribution in [-0.2, 0) is 24.8 Å². The molecule has 0 aliphatic rings. The van der Waals surface area contributed by atoms with E-state index in [9.17, 15) is 16.8 Å². The van der Waals surface area contributed by atoms with Crippen molar-refractivity contribution in [2.24, 2.45) is 21.1 Å². The zero-order valence-corrected chi connectivity index (χ0v) is 19.1. The molecule has 0 aromatic rings. The van der Waals surface area contributed by atoms with E-state index in [1.807, 2.05) is 13.8 Å². The van der Waals surface area contributed by atoms with E-state index < -0.39 is 20.0 Å². The fourth-order valence-electron chi connectivity index (χ4n) is 3.21. The van der Waals surface area contributed by atoms with Crippen LogP contribution in [0.4, 0.5) is 0 Å². The Labute approximate surface area is 166 Å². The largest absolute Gasteiger partial charge is 0.381 e. The molecule has 0 saturated carbocycles. The van der Waals surface area contributed by atoms with Crippen LogP contribution < -0.4 is 10.3 Å². The molecule has 0 radical (unpaired) electrons. The molecule has 4 N–H and O–H groups in total. The monoisotopic (exact) mass is 428 g/mol. The number of ether oxygens (including phenoxy) is 1. The molecule has 0 fully saturated rings. The van der Waals surface area contributed by atoms with Gasteiger partial charge in [0.15, 0.2) is 0 Å². The molecule has 0 heterocycles. The molecule has 0 atom stereocenters. The Kier molecular flexibility index (Phi) is 11.6. The standard InChI is InChI=1S/C18H40N2O5S2/c1-17(2,12-9-15-26(19,21)22)10-5-7-13-25-14-8-6-11-18(3,4)16-27(20,23)24/h5-16H2,1-4H3,(H2,19,21,22)(H2,20,23,24). The number of hydrogen-bond donors (Lipinski definition) is 2. The second kappa shape index (κ2) is 11.7. The van der Waals surface area contributed by atoms with Crippen LogP contribution in [0.15, 0.2) is 0 Å². The van der Waals surface area contributed by atoms with E-state index in [4.69, 9.17) is 15.0 Å². The quantitative estimate of drug-likeness (QED) is 0.365. The van der Waals surface area contributed by atoms with E-state index in [1.165, 1.54) is 0 Å². The van der Waals surface area contributed by atoms with Crippen LogP contribution in [0.5, 0.6) is 0 Å². The second-order valence-electron chi connectivity index (χ2n) is 9.13. The van der Waals surface area contributed by atoms with Gasteiger partial charge in [0.2, 0.25) is 20.0 Å². The predicted octanol–water partition coefficient (Wildman–Crippen LogP) is 2.75. The van der Waals surface area contributed by atoms with Crippen LogP contribution in [0, 0.1) is 10.8 Å². The first-order valence-corrected chi connectivity index (χ1v) is 13.1. The summed E-state index contributed by atoms with van der Waals surface area (Å²) < 4.78 is 49.9. The van der Waals surface area contributed by atoms with Gasteiger partial charge in [0.25, 0.3) is 0 Å². The van der Waals surface area contributed by atoms with Gasteiger partial charge < -0.3 is 4.74 Å². The van der Waals surface area contributed by atoms with Crippen molar-refractivity contribution in [1.29, 1.82) is 0 Å². The molecule has 0 spiro atoms. The summed E-state index contributed by atoms with van der Waals surface area (Å²) in [6, 6.07) is 0. The lowest BCUT2D eigenvalue weighted by Gasteiger charge is -2.24. The molecule has 0 rings (SSSR count). The Morgan fingerprint density at radius 3 is 1.56 bits per heavy atom. The first kappa shape index (κ1) is 26.8. The van der Waals surface area contributed by atoms with Crippen molar-refractivity contribution in [3.8, 4) is 0 Å². The van der Waals surface area contributed by atoms with Crippen LogP contribution in [0.3, 0.4) is 0 Å². The van der Waals surface area contributed by atoms with Gasteiger partial charge in [-0.25, -0.2) is 27.1 Å². The summed E-state index contributed by atoms with van der Waals surface area (Å²) in [6.45, 7) is 9.55. The van der Waals surface area contributed by atoms with Gasteiger partial charge in [0, 0.05) is 13.2 Å². The average molecular weight is 429 g/mol. The van der Waals surface area contributed by atoms with Crippen molar-refractivity contribution < 1.29 is 21.6 Å². The van der Waals surface area contributed by atoms with Crippen LogP contribution in [-0.4, -0.2) is 41.6 Å². The highest BCUT2D eigenvalue weighted by molar-refractivity contribution is 7.89. The smallest absolute Gasteiger partial charge is 0.209 e. The maximum atomic E-state index is 11.2. The minimum Gasteiger partial charge on any atom is -0.381 e. The number of rotatable bonds is 16. The minimum atomic E-state index is -3.43. The van der Waals surface area contributed by atoms with Crippen molar-refractivity contribution in [3.63, 3.8) is 0 Å². The van der Waals surface area contributed by atoms with E-state index in [2.05, 4.69) is 13.8 Å². The highest BCUT2D eigenvalue weighted by Crippen LogP contribution is 2.29. The molecule has 0 amide bonds. The molecular weight excluding hydrogens is 388 g/mol. The Hall–Kier alpha value is -0.220. The average Bonchev–Trinajstić information content (AvgIpc) is 2.41. The molecule has 0 bridgehead atoms. The summed E-state index contributed by atoms with van der Waals surface area (Å²) in [7, 11) is -6.79. The summed E-state index contributed by atoms with van der Waals surface area (Å²) in [6.07, 6.45) is 7.14. The molecule has 0 aliphatic carbocycles. The maximum absolute atomic E-state index is 11.2. The topological polar surface area (TPSA) is 130 Å². The van der Waals surface area contributed by atoms with Crippen molar-refractivity contribution in [2.75, 3.05) is 24.7 Å². The lowest BCUT2D eigenvalue weighted by atomic mass is 9.83. The molecule has 0 aliphatic heterocycles. The van der Waals surface area contributed by atoms with Gasteiger partial charge >= 0.3 is 0 Å². The van der Waals surface area contributed by atoms with Gasteiger partial charge in [0.05, 0.1) is 11.5 Å². The van der Waals surface area contributed by atoms with Crippen molar-refractivity contribution in [2.45, 2.75) is 79.1 Å². The molecule has 164 valence electrons. The fourth-order valence-corrected chi connectivity index (χ4v) is 4.99. The zero-order chi connectivity index (χ0) is 21.2. The summed E-state index contributed by atoms with van der Waals surface area (Å²) in [4.78, 5) is 0. The summed E-state index contributed by atoms with van der Waals surface area (Å²) >= 11 is 0. The van der Waals surface area contributed by atoms with Crippen LogP contribution in [0.2, 0.25) is 0 Å². The molecule has 0 aromatic heterocycles. The lowest BCUT2D eigenvalue weighted by Crippen LogP contribution is -2.29. The number of sulfonamides is 2. The molecule has 9 heteroatoms. The van der Waals surface area contributed by atoms with Gasteiger partial charge in [-0.2, -0.15) is 0 Å². The van der Waals surface area contributed by atoms with Crippen molar-refractivity contribution in [3.05, 3.63) is 0 Å². The summed E-state index contributed by atoms with van der Waals surface area (Å²) in [5.74, 6) is 0.0570. The number of primary sulfonamides is 2. The molecular formula is C18H40N2O5S2. The predicted molar refractivity (Wildman–Crippen MR) is 111 cm³/mol. The zero-order valence-electron chi connectivity index (χ0n) is 17.5. The Bertz CT molecular complexity index is 614. The first-order valence-electron chi connectivity index (χ1n) is 9.71. The Balaban J connectivity index is 3.69. The molecule has 7 nitrogen and oxygen atoms in total. The SMILES string of the molecule is CC(C)(CCCCOCCCCC(C)(C)CS(N)(=O)=O)CCCS(N)(=O)=O. The van der Waals surface area contributed by atoms with Crippen molar-refractivity contribution >= 4 is 20.0 Å². The van der Waals surface area contributed by atoms with E-state index in [0.29, 0.717) is 19.6 Å². The number of nitrogens with two attached hydrogens (primary N) is 2. The lowest BCUT2D eigenvalue weighted by molar-refractivity contribution is 0.120. The first-order chi connectivity index (χ1) is 12.1. The minimum absolute atomic E-state index is 0.00779. The van der Waals surface area contributed by atoms with E-state index in [0.717, 1.165) is 44.9 Å². The van der Waals surface area contributed by atoms with E-state index in [-0.39, 0.29) is 22.3 Å². The molecule has 0 aromatic carbocycles. The molecule has 0 saturated heterocycles. The Morgan fingerprint density at radius 2 is 1.11 bits per heavy atom. The van der Waals surface area contributed by atoms with Gasteiger partial charge in [0.1, 0.15) is 0 Å². The van der Waals surface area contributed by atoms with Gasteiger partial charge in [-0.1, -0.05) is 40.5 Å². The van der Waals surface area contributed by atoms with Gasteiger partial charge in [-0.15, -0.1) is 0 Å². The van der Waals surface area contributed by atoms with E-state index in [1.54, 1.807) is 0 Å². The third-order valence-corrected chi connectivity index (χ3v) is 6.70. The highest BCUT2D eigenvalue weighted by atomic mass is 32.2. The van der Waals surface area contributed by atoms with E-state index >= 15 is 0 Å². The third kappa shape index (κ3) is 18.9. The van der Waals surface area contributed by atoms with Crippen molar-refractivity contribution in [1.82, 2.24) is 0 Å². The number of unbranched alkanes of at least 4 members (excludes halogenated alkanes) is 2. The second-order valence-corrected chi connectivity index (χ2v) is 12.5. The van der Waals surface area contributed by atoms with Crippen LogP contribution >= 0.6 is 0 Å². The summed E-state index contributed by atoms with van der Waals surface area (Å²) in [5.41, 5.74) is -0.192. The third-order valence-electron chi connectivity index (χ3n) is 4.66. The number of hydrogen-bond acceptors (Lipinski definition) is 5. The van der Waals surface area contributed by atoms with Crippen LogP contribution in [0.1, 0.15) is 79.1 Å². The fraction of sp³-hybridized carbons (Fsp3) is 1.00. The highest BCUT2D eigenvalue weighted by Gasteiger charge is 2.23. The molecule has 27 heavy (non-hydrogen) atoms. The van der Waals surface area contributed by atoms with Gasteiger partial charge in [-0.05, 0) is 49.4 Å². The normalized spacial score (nSPS) is 13.9.